The second kappa shape index (κ2) is 15.4. The van der Waals surface area contributed by atoms with Crippen molar-refractivity contribution in [3.63, 3.8) is 0 Å². The average molecular weight is 851 g/mol. The Kier molecular flexibility index (Phi) is 8.98. The van der Waals surface area contributed by atoms with Gasteiger partial charge in [-0.15, -0.1) is 0 Å². The molecule has 12 aromatic rings. The molecule has 0 radical (unpaired) electrons. The number of benzene rings is 12. The molecule has 0 heterocycles. The fourth-order valence-corrected chi connectivity index (χ4v) is 11.6. The molecule has 0 heteroatoms. The highest BCUT2D eigenvalue weighted by molar-refractivity contribution is 6.24. The molecule has 12 aromatic carbocycles. The molecular weight excluding hydrogens is 805 g/mol. The van der Waals surface area contributed by atoms with Gasteiger partial charge in [0, 0.05) is 5.41 Å². The zero-order valence-corrected chi connectivity index (χ0v) is 37.6. The molecule has 1 aliphatic rings. The summed E-state index contributed by atoms with van der Waals surface area (Å²) < 4.78 is 0. The van der Waals surface area contributed by atoms with Crippen molar-refractivity contribution in [1.82, 2.24) is 0 Å². The molecule has 0 spiro atoms. The summed E-state index contributed by atoms with van der Waals surface area (Å²) in [5, 5.41) is 10.1. The van der Waals surface area contributed by atoms with Crippen molar-refractivity contribution in [3.8, 4) is 77.9 Å². The predicted octanol–water partition coefficient (Wildman–Crippen LogP) is 18.6. The van der Waals surface area contributed by atoms with E-state index in [4.69, 9.17) is 0 Å². The number of fused-ring (bicyclic) bond motifs is 7. The van der Waals surface area contributed by atoms with Crippen LogP contribution in [0.3, 0.4) is 0 Å². The number of hydrogen-bond acceptors (Lipinski definition) is 0. The zero-order valence-electron chi connectivity index (χ0n) is 37.6. The van der Waals surface area contributed by atoms with Gasteiger partial charge in [-0.25, -0.2) is 0 Å². The van der Waals surface area contributed by atoms with Crippen LogP contribution in [0.15, 0.2) is 243 Å². The highest BCUT2D eigenvalue weighted by atomic mass is 14.4. The normalized spacial score (nSPS) is 12.7. The van der Waals surface area contributed by atoms with Crippen molar-refractivity contribution in [1.29, 1.82) is 0 Å². The van der Waals surface area contributed by atoms with Crippen LogP contribution in [0.25, 0.3) is 121 Å². The van der Waals surface area contributed by atoms with Crippen LogP contribution in [0.1, 0.15) is 25.0 Å². The second-order valence-corrected chi connectivity index (χ2v) is 18.7. The Hall–Kier alpha value is -8.32. The van der Waals surface area contributed by atoms with E-state index >= 15 is 0 Å². The van der Waals surface area contributed by atoms with Crippen molar-refractivity contribution in [2.24, 2.45) is 0 Å². The summed E-state index contributed by atoms with van der Waals surface area (Å²) in [6.07, 6.45) is 0. The SMILES string of the molecule is CC1(C)c2cc(-c3c4ccccc4c(-c4ccccc4-c4ccccc4)c4ccccc34)ccc2-c2ccc(-c3c4ccccc4c(-c4ccccc4-c4ccccc4)c4ccccc34)cc21. The Morgan fingerprint density at radius 1 is 0.209 bits per heavy atom. The van der Waals surface area contributed by atoms with Crippen molar-refractivity contribution in [2.75, 3.05) is 0 Å². The van der Waals surface area contributed by atoms with Crippen molar-refractivity contribution < 1.29 is 0 Å². The van der Waals surface area contributed by atoms with Gasteiger partial charge in [0.15, 0.2) is 0 Å². The maximum absolute atomic E-state index is 2.50. The van der Waals surface area contributed by atoms with Gasteiger partial charge in [0.05, 0.1) is 0 Å². The molecule has 0 aromatic heterocycles. The van der Waals surface area contributed by atoms with Crippen molar-refractivity contribution in [2.45, 2.75) is 19.3 Å². The summed E-state index contributed by atoms with van der Waals surface area (Å²) in [5.74, 6) is 0. The summed E-state index contributed by atoms with van der Waals surface area (Å²) in [7, 11) is 0. The summed E-state index contributed by atoms with van der Waals surface area (Å²) in [6, 6.07) is 90.1. The second-order valence-electron chi connectivity index (χ2n) is 18.7. The largest absolute Gasteiger partial charge is 0.0622 e. The Morgan fingerprint density at radius 2 is 0.478 bits per heavy atom. The number of hydrogen-bond donors (Lipinski definition) is 0. The van der Waals surface area contributed by atoms with Gasteiger partial charge < -0.3 is 0 Å². The lowest BCUT2D eigenvalue weighted by atomic mass is 9.79. The van der Waals surface area contributed by atoms with Gasteiger partial charge in [-0.3, -0.25) is 0 Å². The Balaban J connectivity index is 0.973. The molecule has 0 amide bonds. The summed E-state index contributed by atoms with van der Waals surface area (Å²) in [5.41, 5.74) is 20.2. The fraction of sp³-hybridized carbons (Fsp3) is 0.0448. The minimum atomic E-state index is -0.239. The van der Waals surface area contributed by atoms with Crippen LogP contribution in [0.5, 0.6) is 0 Å². The lowest BCUT2D eigenvalue weighted by Gasteiger charge is -2.24. The first-order valence-electron chi connectivity index (χ1n) is 23.5. The molecule has 67 heavy (non-hydrogen) atoms. The minimum Gasteiger partial charge on any atom is -0.0622 e. The van der Waals surface area contributed by atoms with Gasteiger partial charge in [-0.2, -0.15) is 0 Å². The molecule has 0 atom stereocenters. The van der Waals surface area contributed by atoms with Crippen molar-refractivity contribution >= 4 is 43.1 Å². The van der Waals surface area contributed by atoms with Crippen LogP contribution in [0.4, 0.5) is 0 Å². The molecule has 0 nitrogen and oxygen atoms in total. The molecular formula is C67H46. The summed E-state index contributed by atoms with van der Waals surface area (Å²) in [6.45, 7) is 4.84. The van der Waals surface area contributed by atoms with E-state index in [1.165, 1.54) is 132 Å². The van der Waals surface area contributed by atoms with Crippen LogP contribution in [-0.2, 0) is 5.41 Å². The predicted molar refractivity (Wildman–Crippen MR) is 287 cm³/mol. The highest BCUT2D eigenvalue weighted by Crippen LogP contribution is 2.54. The van der Waals surface area contributed by atoms with E-state index < -0.39 is 0 Å². The minimum absolute atomic E-state index is 0.239. The quantitative estimate of drug-likeness (QED) is 0.146. The molecule has 0 bridgehead atoms. The Labute approximate surface area is 392 Å². The molecule has 0 saturated heterocycles. The van der Waals surface area contributed by atoms with E-state index in [1.54, 1.807) is 0 Å². The Bertz CT molecular complexity index is 3560. The van der Waals surface area contributed by atoms with Gasteiger partial charge in [0.25, 0.3) is 0 Å². The van der Waals surface area contributed by atoms with E-state index in [1.807, 2.05) is 0 Å². The summed E-state index contributed by atoms with van der Waals surface area (Å²) >= 11 is 0. The van der Waals surface area contributed by atoms with Crippen LogP contribution >= 0.6 is 0 Å². The molecule has 0 unspecified atom stereocenters. The number of rotatable bonds is 6. The molecule has 13 rings (SSSR count). The average Bonchev–Trinajstić information content (AvgIpc) is 3.61. The highest BCUT2D eigenvalue weighted by Gasteiger charge is 2.36. The van der Waals surface area contributed by atoms with Gasteiger partial charge in [-0.1, -0.05) is 244 Å². The topological polar surface area (TPSA) is 0 Å². The molecule has 0 saturated carbocycles. The summed E-state index contributed by atoms with van der Waals surface area (Å²) in [4.78, 5) is 0. The lowest BCUT2D eigenvalue weighted by Crippen LogP contribution is -2.15. The monoisotopic (exact) mass is 850 g/mol. The van der Waals surface area contributed by atoms with Crippen molar-refractivity contribution in [3.05, 3.63) is 254 Å². The molecule has 314 valence electrons. The maximum atomic E-state index is 2.50. The van der Waals surface area contributed by atoms with E-state index in [9.17, 15) is 0 Å². The van der Waals surface area contributed by atoms with Gasteiger partial charge in [0.2, 0.25) is 0 Å². The Morgan fingerprint density at radius 3 is 0.806 bits per heavy atom. The van der Waals surface area contributed by atoms with Crippen LogP contribution in [-0.4, -0.2) is 0 Å². The van der Waals surface area contributed by atoms with E-state index in [0.29, 0.717) is 0 Å². The van der Waals surface area contributed by atoms with Gasteiger partial charge in [0.1, 0.15) is 0 Å². The molecule has 0 fully saturated rings. The third-order valence-electron chi connectivity index (χ3n) is 14.7. The third kappa shape index (κ3) is 6.07. The molecule has 0 N–H and O–H groups in total. The fourth-order valence-electron chi connectivity index (χ4n) is 11.6. The molecule has 1 aliphatic carbocycles. The first-order chi connectivity index (χ1) is 33.0. The van der Waals surface area contributed by atoms with Gasteiger partial charge in [-0.05, 0) is 144 Å². The first kappa shape index (κ1) is 39.1. The maximum Gasteiger partial charge on any atom is 0.0159 e. The third-order valence-corrected chi connectivity index (χ3v) is 14.7. The van der Waals surface area contributed by atoms with E-state index in [0.717, 1.165) is 0 Å². The smallest absolute Gasteiger partial charge is 0.0159 e. The standard InChI is InChI=1S/C67H46/c1-67(2)61-41-45(63-53-29-13-17-33-57(53)65(58-34-18-14-30-54(58)63)51-27-11-9-25-47(51)43-21-5-3-6-22-43)37-39-49(61)50-40-38-46(42-62(50)67)64-55-31-15-19-35-59(55)66(60-36-20-16-32-56(60)64)52-28-12-10-26-48(52)44-23-7-4-8-24-44/h3-42H,1-2H3. The van der Waals surface area contributed by atoms with Crippen LogP contribution in [0.2, 0.25) is 0 Å². The van der Waals surface area contributed by atoms with Crippen LogP contribution in [0, 0.1) is 0 Å². The van der Waals surface area contributed by atoms with E-state index in [-0.39, 0.29) is 5.41 Å². The lowest BCUT2D eigenvalue weighted by molar-refractivity contribution is 0.661. The zero-order chi connectivity index (χ0) is 44.6. The molecule has 0 aliphatic heterocycles. The first-order valence-corrected chi connectivity index (χ1v) is 23.5. The van der Waals surface area contributed by atoms with Gasteiger partial charge >= 0.3 is 0 Å². The van der Waals surface area contributed by atoms with E-state index in [2.05, 4.69) is 257 Å². The van der Waals surface area contributed by atoms with Crippen LogP contribution < -0.4 is 0 Å².